The topological polar surface area (TPSA) is 0 Å². The van der Waals surface area contributed by atoms with Gasteiger partial charge in [-0.3, -0.25) is 6.08 Å². The van der Waals surface area contributed by atoms with Crippen LogP contribution in [0.15, 0.2) is 96.6 Å². The average Bonchev–Trinajstić information content (AvgIpc) is 3.66. The molecule has 0 bridgehead atoms. The van der Waals surface area contributed by atoms with E-state index in [0.717, 1.165) is 16.5 Å². The van der Waals surface area contributed by atoms with E-state index in [1.807, 2.05) is 48.5 Å². The molecule has 0 N–H and O–H groups in total. The number of rotatable bonds is 3. The van der Waals surface area contributed by atoms with E-state index >= 15 is 0 Å². The number of hydrogen-bond donors (Lipinski definition) is 0. The van der Waals surface area contributed by atoms with Crippen molar-refractivity contribution in [2.24, 2.45) is 11.3 Å². The summed E-state index contributed by atoms with van der Waals surface area (Å²) in [5, 5.41) is 1.53. The molecule has 0 nitrogen and oxygen atoms in total. The van der Waals surface area contributed by atoms with E-state index in [1.54, 1.807) is 0 Å². The zero-order chi connectivity index (χ0) is 35.4. The fraction of sp³-hybridized carbons (Fsp3) is 0.356. The van der Waals surface area contributed by atoms with Gasteiger partial charge in [-0.1, -0.05) is 122 Å². The Morgan fingerprint density at radius 3 is 1.62 bits per heavy atom. The van der Waals surface area contributed by atoms with Crippen molar-refractivity contribution in [2.45, 2.75) is 92.9 Å². The van der Waals surface area contributed by atoms with Crippen molar-refractivity contribution in [3.05, 3.63) is 152 Å². The van der Waals surface area contributed by atoms with Crippen LogP contribution in [0.3, 0.4) is 0 Å². The van der Waals surface area contributed by atoms with Gasteiger partial charge in [-0.15, -0.1) is 5.56 Å². The van der Waals surface area contributed by atoms with Crippen molar-refractivity contribution in [2.75, 3.05) is 0 Å². The summed E-state index contributed by atoms with van der Waals surface area (Å²) in [5.41, 5.74) is 12.9. The predicted octanol–water partition coefficient (Wildman–Crippen LogP) is 7.13. The van der Waals surface area contributed by atoms with Gasteiger partial charge in [-0.2, -0.15) is 41.0 Å². The maximum absolute atomic E-state index is 5.86. The smallest absolute Gasteiger partial charge is 1.00 e. The normalized spacial score (nSPS) is 14.4. The zero-order valence-electron chi connectivity index (χ0n) is 31.2. The fourth-order valence-corrected chi connectivity index (χ4v) is 6.67. The Labute approximate surface area is 340 Å². The minimum Gasteiger partial charge on any atom is -1.00 e. The van der Waals surface area contributed by atoms with E-state index in [9.17, 15) is 0 Å². The second kappa shape index (κ2) is 18.3. The first kappa shape index (κ1) is 44.4. The molecule has 0 heterocycles. The van der Waals surface area contributed by atoms with Gasteiger partial charge in [-0.05, 0) is 17.4 Å². The van der Waals surface area contributed by atoms with Gasteiger partial charge in [0.2, 0.25) is 0 Å². The van der Waals surface area contributed by atoms with Crippen molar-refractivity contribution in [1.29, 1.82) is 0 Å². The van der Waals surface area contributed by atoms with Gasteiger partial charge in [0, 0.05) is 0 Å². The van der Waals surface area contributed by atoms with E-state index in [0.29, 0.717) is 11.3 Å². The molecule has 2 aliphatic rings. The minimum absolute atomic E-state index is 0. The summed E-state index contributed by atoms with van der Waals surface area (Å²) >= 11 is 13.1. The molecule has 4 aromatic rings. The monoisotopic (exact) mass is 820 g/mol. The van der Waals surface area contributed by atoms with Crippen LogP contribution in [0.5, 0.6) is 0 Å². The van der Waals surface area contributed by atoms with Crippen LogP contribution in [0, 0.1) is 23.5 Å². The number of halogens is 4. The average molecular weight is 824 g/mol. The van der Waals surface area contributed by atoms with Crippen LogP contribution in [0.4, 0.5) is 0 Å². The third-order valence-electron chi connectivity index (χ3n) is 8.93. The summed E-state index contributed by atoms with van der Waals surface area (Å²) in [4.78, 5) is 0. The van der Waals surface area contributed by atoms with E-state index in [1.165, 1.54) is 83.9 Å². The van der Waals surface area contributed by atoms with Crippen molar-refractivity contribution >= 4 is 26.4 Å². The van der Waals surface area contributed by atoms with Gasteiger partial charge in [0.25, 0.3) is 0 Å². The SMILES string of the molecule is CC(C)(C)c1c[c-]c2c(c1)-c1cc(C(C)(C)C)ccc1C2.CCC1[C-]=CC(C(C)(C)C)=C1.Clc1ccc([C](=[Zr+2])c2ccc(Cl)cc2)cc1.[Cl-].[Cl-]. The van der Waals surface area contributed by atoms with Crippen LogP contribution in [0.2, 0.25) is 10.0 Å². The maximum atomic E-state index is 5.86. The second-order valence-electron chi connectivity index (χ2n) is 15.9. The summed E-state index contributed by atoms with van der Waals surface area (Å²) in [6, 6.07) is 30.9. The molecular formula is C45H50Cl4Zr-2. The molecule has 0 saturated carbocycles. The number of allylic oxidation sites excluding steroid dienone is 4. The molecule has 0 fully saturated rings. The standard InChI is InChI=1S/C21H25.C13H8Cl2.C11H17.2ClH.Zr/c1-20(2,3)16-9-7-14-11-15-8-10-17(21(4,5)6)13-19(15)18(14)12-16;14-12-5-1-10(2-6-12)9-11-3-7-13(15)8-4-11;1-5-9-6-7-10(8-9)11(2,3)4;;;/h7,9-10,12-13H,11H2,1-6H3;1-8H;7-9H,5H2,1-4H3;2*1H;/q-1;;-1;;;+2/p-2. The third kappa shape index (κ3) is 11.9. The first-order chi connectivity index (χ1) is 22.4. The molecule has 264 valence electrons. The maximum Gasteiger partial charge on any atom is -1.00 e. The molecule has 2 aliphatic carbocycles. The van der Waals surface area contributed by atoms with Crippen LogP contribution in [-0.2, 0) is 41.5 Å². The Balaban J connectivity index is 0.000000268. The molecule has 0 spiro atoms. The summed E-state index contributed by atoms with van der Waals surface area (Å²) in [7, 11) is 0. The van der Waals surface area contributed by atoms with Gasteiger partial charge in [-0.25, -0.2) is 6.08 Å². The van der Waals surface area contributed by atoms with E-state index < -0.39 is 0 Å². The third-order valence-corrected chi connectivity index (χ3v) is 10.9. The van der Waals surface area contributed by atoms with Crippen LogP contribution < -0.4 is 24.8 Å². The molecule has 0 aromatic heterocycles. The Bertz CT molecular complexity index is 1680. The zero-order valence-corrected chi connectivity index (χ0v) is 36.6. The first-order valence-electron chi connectivity index (χ1n) is 17.0. The van der Waals surface area contributed by atoms with Crippen LogP contribution in [0.25, 0.3) is 11.1 Å². The number of benzene rings is 4. The largest absolute Gasteiger partial charge is 1.00 e. The molecule has 6 rings (SSSR count). The van der Waals surface area contributed by atoms with Gasteiger partial charge < -0.3 is 24.8 Å². The molecule has 0 saturated heterocycles. The molecule has 0 amide bonds. The molecule has 4 aromatic carbocycles. The van der Waals surface area contributed by atoms with Crippen LogP contribution in [-0.4, -0.2) is 3.21 Å². The van der Waals surface area contributed by atoms with Crippen molar-refractivity contribution < 1.29 is 49.0 Å². The summed E-state index contributed by atoms with van der Waals surface area (Å²) < 4.78 is 1.31. The van der Waals surface area contributed by atoms with Gasteiger partial charge in [0.05, 0.1) is 0 Å². The fourth-order valence-electron chi connectivity index (χ4n) is 5.60. The molecule has 50 heavy (non-hydrogen) atoms. The molecule has 1 atom stereocenters. The Hall–Kier alpha value is -1.73. The molecule has 1 unspecified atom stereocenters. The Morgan fingerprint density at radius 2 is 1.20 bits per heavy atom. The van der Waals surface area contributed by atoms with Crippen LogP contribution >= 0.6 is 23.2 Å². The first-order valence-corrected chi connectivity index (χ1v) is 19.0. The number of fused-ring (bicyclic) bond motifs is 3. The molecule has 5 heteroatoms. The number of hydrogen-bond acceptors (Lipinski definition) is 0. The van der Waals surface area contributed by atoms with Crippen molar-refractivity contribution in [3.8, 4) is 11.1 Å². The van der Waals surface area contributed by atoms with E-state index in [2.05, 4.69) is 124 Å². The van der Waals surface area contributed by atoms with Crippen LogP contribution in [0.1, 0.15) is 109 Å². The molecule has 0 radical (unpaired) electrons. The molecular weight excluding hydrogens is 774 g/mol. The van der Waals surface area contributed by atoms with Gasteiger partial charge >= 0.3 is 120 Å². The molecule has 0 aliphatic heterocycles. The Kier molecular flexibility index (Phi) is 16.3. The second-order valence-corrected chi connectivity index (χ2v) is 18.0. The van der Waals surface area contributed by atoms with Gasteiger partial charge in [0.15, 0.2) is 0 Å². The van der Waals surface area contributed by atoms with Gasteiger partial charge in [0.1, 0.15) is 0 Å². The quantitative estimate of drug-likeness (QED) is 0.170. The van der Waals surface area contributed by atoms with E-state index in [4.69, 9.17) is 23.2 Å². The van der Waals surface area contributed by atoms with Crippen molar-refractivity contribution in [3.63, 3.8) is 0 Å². The van der Waals surface area contributed by atoms with E-state index in [-0.39, 0.29) is 35.6 Å². The minimum atomic E-state index is 0. The summed E-state index contributed by atoms with van der Waals surface area (Å²) in [5.74, 6) is 0.573. The Morgan fingerprint density at radius 1 is 0.700 bits per heavy atom. The summed E-state index contributed by atoms with van der Waals surface area (Å²) in [6.07, 6.45) is 10.0. The summed E-state index contributed by atoms with van der Waals surface area (Å²) in [6.45, 7) is 22.6. The van der Waals surface area contributed by atoms with Crippen molar-refractivity contribution in [1.82, 2.24) is 0 Å². The predicted molar refractivity (Wildman–Crippen MR) is 206 cm³/mol.